The van der Waals surface area contributed by atoms with Crippen molar-refractivity contribution in [3.63, 3.8) is 0 Å². The van der Waals surface area contributed by atoms with Crippen LogP contribution in [0.5, 0.6) is 0 Å². The van der Waals surface area contributed by atoms with Crippen molar-refractivity contribution in [2.45, 2.75) is 24.0 Å². The van der Waals surface area contributed by atoms with Gasteiger partial charge in [0.15, 0.2) is 5.16 Å². The van der Waals surface area contributed by atoms with Gasteiger partial charge in [-0.1, -0.05) is 48.2 Å². The molecule has 4 amide bonds. The minimum atomic E-state index is -1.24. The van der Waals surface area contributed by atoms with Gasteiger partial charge in [-0.2, -0.15) is 5.01 Å². The lowest BCUT2D eigenvalue weighted by atomic mass is 9.92. The van der Waals surface area contributed by atoms with E-state index in [1.807, 2.05) is 35.2 Å². The van der Waals surface area contributed by atoms with Gasteiger partial charge in [-0.25, -0.2) is 4.79 Å². The molecule has 0 saturated carbocycles. The lowest BCUT2D eigenvalue weighted by molar-refractivity contribution is -0.138. The van der Waals surface area contributed by atoms with Gasteiger partial charge in [0.1, 0.15) is 11.4 Å². The van der Waals surface area contributed by atoms with Gasteiger partial charge in [0, 0.05) is 18.3 Å². The molecule has 9 nitrogen and oxygen atoms in total. The van der Waals surface area contributed by atoms with Crippen LogP contribution < -0.4 is 10.7 Å². The molecule has 1 saturated heterocycles. The van der Waals surface area contributed by atoms with Gasteiger partial charge in [-0.05, 0) is 23.9 Å². The Balaban J connectivity index is 1.37. The summed E-state index contributed by atoms with van der Waals surface area (Å²) in [7, 11) is 1.84. The first-order chi connectivity index (χ1) is 14.9. The van der Waals surface area contributed by atoms with Crippen molar-refractivity contribution < 1.29 is 14.4 Å². The maximum atomic E-state index is 12.9. The summed E-state index contributed by atoms with van der Waals surface area (Å²) >= 11 is 2.82. The Morgan fingerprint density at radius 2 is 1.97 bits per heavy atom. The van der Waals surface area contributed by atoms with Crippen molar-refractivity contribution in [2.75, 3.05) is 5.75 Å². The van der Waals surface area contributed by atoms with E-state index < -0.39 is 23.4 Å². The Morgan fingerprint density at radius 3 is 2.68 bits per heavy atom. The average Bonchev–Trinajstić information content (AvgIpc) is 3.45. The summed E-state index contributed by atoms with van der Waals surface area (Å²) in [6, 6.07) is 12.2. The molecule has 3 aromatic rings. The summed E-state index contributed by atoms with van der Waals surface area (Å²) in [5, 5.41) is 14.3. The molecule has 2 aromatic heterocycles. The van der Waals surface area contributed by atoms with Crippen molar-refractivity contribution in [3.05, 3.63) is 64.1 Å². The number of urea groups is 1. The third kappa shape index (κ3) is 4.19. The van der Waals surface area contributed by atoms with E-state index in [2.05, 4.69) is 20.9 Å². The molecule has 1 aliphatic rings. The van der Waals surface area contributed by atoms with Crippen LogP contribution in [0.2, 0.25) is 0 Å². The van der Waals surface area contributed by atoms with Gasteiger partial charge in [0.05, 0.1) is 5.75 Å². The highest BCUT2D eigenvalue weighted by Crippen LogP contribution is 2.27. The molecule has 0 spiro atoms. The number of nitrogens with one attached hydrogen (secondary N) is 2. The molecular formula is C20H20N6O3S2. The predicted octanol–water partition coefficient (Wildman–Crippen LogP) is 2.06. The summed E-state index contributed by atoms with van der Waals surface area (Å²) < 4.78 is 1.83. The van der Waals surface area contributed by atoms with Gasteiger partial charge in [-0.15, -0.1) is 21.5 Å². The SMILES string of the molecule is Cn1c(Cc2cccs2)nnc1SCC(=O)NN1C(=O)N[C@](C)(c2ccccc2)C1=O. The largest absolute Gasteiger partial charge is 0.344 e. The minimum Gasteiger partial charge on any atom is -0.318 e. The smallest absolute Gasteiger partial charge is 0.318 e. The summed E-state index contributed by atoms with van der Waals surface area (Å²) in [6.45, 7) is 1.61. The standard InChI is InChI=1S/C20H20N6O3S2/c1-20(13-7-4-3-5-8-13)17(28)26(18(29)21-20)24-16(27)12-31-19-23-22-15(25(19)2)11-14-9-6-10-30-14/h3-10H,11-12H2,1-2H3,(H,21,29)(H,24,27)/t20-/m1/s1. The lowest BCUT2D eigenvalue weighted by Gasteiger charge is -2.22. The average molecular weight is 457 g/mol. The monoisotopic (exact) mass is 456 g/mol. The summed E-state index contributed by atoms with van der Waals surface area (Å²) in [5.74, 6) is -0.268. The zero-order valence-electron chi connectivity index (χ0n) is 16.9. The minimum absolute atomic E-state index is 0.0237. The molecule has 1 fully saturated rings. The van der Waals surface area contributed by atoms with Crippen LogP contribution in [-0.4, -0.2) is 43.4 Å². The molecule has 1 aliphatic heterocycles. The fourth-order valence-electron chi connectivity index (χ4n) is 3.19. The van der Waals surface area contributed by atoms with Crippen molar-refractivity contribution in [3.8, 4) is 0 Å². The van der Waals surface area contributed by atoms with Crippen LogP contribution >= 0.6 is 23.1 Å². The summed E-state index contributed by atoms with van der Waals surface area (Å²) in [6.07, 6.45) is 0.661. The fourth-order valence-corrected chi connectivity index (χ4v) is 4.61. The topological polar surface area (TPSA) is 109 Å². The molecule has 0 bridgehead atoms. The normalized spacial score (nSPS) is 18.3. The number of carbonyl (C=O) groups excluding carboxylic acids is 3. The van der Waals surface area contributed by atoms with Gasteiger partial charge in [-0.3, -0.25) is 15.0 Å². The Kier molecular flexibility index (Phi) is 5.79. The molecule has 0 aliphatic carbocycles. The Hall–Kier alpha value is -3.18. The van der Waals surface area contributed by atoms with Crippen molar-refractivity contribution in [1.29, 1.82) is 0 Å². The molecule has 1 aromatic carbocycles. The first kappa shape index (κ1) is 21.1. The van der Waals surface area contributed by atoms with E-state index in [1.54, 1.807) is 42.5 Å². The highest BCUT2D eigenvalue weighted by atomic mass is 32.2. The number of hydrogen-bond donors (Lipinski definition) is 2. The third-order valence-electron chi connectivity index (χ3n) is 4.95. The molecule has 160 valence electrons. The Bertz CT molecular complexity index is 1120. The van der Waals surface area contributed by atoms with Crippen LogP contribution in [-0.2, 0) is 28.6 Å². The number of imide groups is 1. The van der Waals surface area contributed by atoms with Crippen LogP contribution in [0.4, 0.5) is 4.79 Å². The first-order valence-corrected chi connectivity index (χ1v) is 11.3. The second kappa shape index (κ2) is 8.52. The van der Waals surface area contributed by atoms with Crippen LogP contribution in [0.15, 0.2) is 53.0 Å². The van der Waals surface area contributed by atoms with Crippen LogP contribution in [0.3, 0.4) is 0 Å². The second-order valence-corrected chi connectivity index (χ2v) is 9.07. The van der Waals surface area contributed by atoms with Gasteiger partial charge >= 0.3 is 6.03 Å². The number of amides is 4. The number of hydrazine groups is 1. The number of nitrogens with zero attached hydrogens (tertiary/aromatic N) is 4. The Labute approximate surface area is 186 Å². The van der Waals surface area contributed by atoms with E-state index in [9.17, 15) is 14.4 Å². The number of rotatable bonds is 7. The molecule has 4 rings (SSSR count). The maximum absolute atomic E-state index is 12.9. The van der Waals surface area contributed by atoms with E-state index in [0.29, 0.717) is 17.1 Å². The maximum Gasteiger partial charge on any atom is 0.344 e. The number of thiophene rings is 1. The van der Waals surface area contributed by atoms with E-state index in [-0.39, 0.29) is 5.75 Å². The molecule has 11 heteroatoms. The highest BCUT2D eigenvalue weighted by Gasteiger charge is 2.49. The van der Waals surface area contributed by atoms with Gasteiger partial charge in [0.25, 0.3) is 5.91 Å². The predicted molar refractivity (Wildman–Crippen MR) is 116 cm³/mol. The first-order valence-electron chi connectivity index (χ1n) is 9.43. The van der Waals surface area contributed by atoms with Crippen LogP contribution in [0, 0.1) is 0 Å². The zero-order valence-corrected chi connectivity index (χ0v) is 18.5. The summed E-state index contributed by atoms with van der Waals surface area (Å²) in [4.78, 5) is 38.8. The van der Waals surface area contributed by atoms with E-state index in [4.69, 9.17) is 0 Å². The van der Waals surface area contributed by atoms with Crippen molar-refractivity contribution in [1.82, 2.24) is 30.5 Å². The van der Waals surface area contributed by atoms with Crippen molar-refractivity contribution >= 4 is 40.9 Å². The van der Waals surface area contributed by atoms with Crippen LogP contribution in [0.25, 0.3) is 0 Å². The van der Waals surface area contributed by atoms with E-state index >= 15 is 0 Å². The van der Waals surface area contributed by atoms with Crippen LogP contribution in [0.1, 0.15) is 23.2 Å². The second-order valence-electron chi connectivity index (χ2n) is 7.10. The molecule has 1 atom stereocenters. The molecule has 2 N–H and O–H groups in total. The number of aromatic nitrogens is 3. The fraction of sp³-hybridized carbons (Fsp3) is 0.250. The number of hydrogen-bond acceptors (Lipinski definition) is 7. The number of carbonyl (C=O) groups is 3. The lowest BCUT2D eigenvalue weighted by Crippen LogP contribution is -2.48. The van der Waals surface area contributed by atoms with Gasteiger partial charge in [0.2, 0.25) is 5.91 Å². The molecule has 0 unspecified atom stereocenters. The molecule has 0 radical (unpaired) electrons. The molecule has 31 heavy (non-hydrogen) atoms. The number of benzene rings is 1. The molecule has 3 heterocycles. The van der Waals surface area contributed by atoms with Gasteiger partial charge < -0.3 is 9.88 Å². The zero-order chi connectivity index (χ0) is 22.0. The van der Waals surface area contributed by atoms with Crippen molar-refractivity contribution in [2.24, 2.45) is 7.05 Å². The quantitative estimate of drug-likeness (QED) is 0.416. The number of thioether (sulfide) groups is 1. The Morgan fingerprint density at radius 1 is 1.19 bits per heavy atom. The third-order valence-corrected chi connectivity index (χ3v) is 6.84. The van der Waals surface area contributed by atoms with E-state index in [1.165, 1.54) is 16.6 Å². The highest BCUT2D eigenvalue weighted by molar-refractivity contribution is 7.99. The van der Waals surface area contributed by atoms with E-state index in [0.717, 1.165) is 10.8 Å². The molecular weight excluding hydrogens is 436 g/mol. The summed E-state index contributed by atoms with van der Waals surface area (Å²) in [5.41, 5.74) is 1.79.